The van der Waals surface area contributed by atoms with Crippen LogP contribution in [0, 0.1) is 0 Å². The summed E-state index contributed by atoms with van der Waals surface area (Å²) in [7, 11) is 0. The zero-order chi connectivity index (χ0) is 9.84. The van der Waals surface area contributed by atoms with Crippen molar-refractivity contribution in [2.45, 2.75) is 11.4 Å². The number of alkyl halides is 4. The van der Waals surface area contributed by atoms with E-state index >= 15 is 0 Å². The highest BCUT2D eigenvalue weighted by Gasteiger charge is 2.07. The van der Waals surface area contributed by atoms with Crippen molar-refractivity contribution in [3.05, 3.63) is 29.8 Å². The number of rotatable bonds is 3. The molecular weight excluding hydrogens is 221 g/mol. The molecule has 0 fully saturated rings. The van der Waals surface area contributed by atoms with Gasteiger partial charge in [-0.05, 0) is 17.7 Å². The number of hydrogen-bond acceptors (Lipinski definition) is 1. The molecular formula is C8H6Cl2F2O. The average molecular weight is 227 g/mol. The highest BCUT2D eigenvalue weighted by Crippen LogP contribution is 2.27. The molecule has 0 heterocycles. The highest BCUT2D eigenvalue weighted by molar-refractivity contribution is 6.44. The summed E-state index contributed by atoms with van der Waals surface area (Å²) in [6.45, 7) is -2.83. The van der Waals surface area contributed by atoms with E-state index in [1.807, 2.05) is 0 Å². The maximum Gasteiger partial charge on any atom is 0.387 e. The summed E-state index contributed by atoms with van der Waals surface area (Å²) in [5.74, 6) is 0.0544. The van der Waals surface area contributed by atoms with Crippen LogP contribution in [0.5, 0.6) is 5.75 Å². The number of ether oxygens (including phenoxy) is 1. The van der Waals surface area contributed by atoms with Gasteiger partial charge in [0.1, 0.15) is 10.6 Å². The Morgan fingerprint density at radius 1 is 1.23 bits per heavy atom. The molecule has 0 aliphatic heterocycles. The topological polar surface area (TPSA) is 9.23 Å². The number of benzene rings is 1. The molecule has 0 aliphatic carbocycles. The fourth-order valence-corrected chi connectivity index (χ4v) is 1.10. The van der Waals surface area contributed by atoms with Gasteiger partial charge >= 0.3 is 6.61 Å². The van der Waals surface area contributed by atoms with Crippen LogP contribution in [-0.4, -0.2) is 6.61 Å². The smallest absolute Gasteiger partial charge is 0.387 e. The summed E-state index contributed by atoms with van der Waals surface area (Å²) in [6, 6.07) is 5.95. The first-order valence-electron chi connectivity index (χ1n) is 3.42. The SMILES string of the molecule is FC(F)Oc1cccc(C(Cl)Cl)c1. The molecule has 0 N–H and O–H groups in total. The molecule has 0 saturated heterocycles. The molecule has 13 heavy (non-hydrogen) atoms. The lowest BCUT2D eigenvalue weighted by atomic mass is 10.2. The van der Waals surface area contributed by atoms with Crippen LogP contribution < -0.4 is 4.74 Å². The molecule has 0 aromatic heterocycles. The predicted molar refractivity (Wildman–Crippen MR) is 47.5 cm³/mol. The van der Waals surface area contributed by atoms with Crippen molar-refractivity contribution in [2.75, 3.05) is 0 Å². The Morgan fingerprint density at radius 2 is 1.92 bits per heavy atom. The van der Waals surface area contributed by atoms with E-state index in [0.29, 0.717) is 5.56 Å². The van der Waals surface area contributed by atoms with Gasteiger partial charge in [0.05, 0.1) is 0 Å². The minimum Gasteiger partial charge on any atom is -0.435 e. The third-order valence-electron chi connectivity index (χ3n) is 1.34. The molecule has 0 bridgehead atoms. The molecule has 0 unspecified atom stereocenters. The Labute approximate surface area is 84.2 Å². The lowest BCUT2D eigenvalue weighted by Gasteiger charge is -2.06. The van der Waals surface area contributed by atoms with E-state index in [-0.39, 0.29) is 5.75 Å². The molecule has 0 aliphatic rings. The Bertz CT molecular complexity index is 279. The summed E-state index contributed by atoms with van der Waals surface area (Å²) in [5.41, 5.74) is 0.529. The van der Waals surface area contributed by atoms with Crippen LogP contribution in [0.2, 0.25) is 0 Å². The van der Waals surface area contributed by atoms with Crippen molar-refractivity contribution in [1.29, 1.82) is 0 Å². The summed E-state index contributed by atoms with van der Waals surface area (Å²) in [4.78, 5) is -0.735. The van der Waals surface area contributed by atoms with Gasteiger partial charge in [0.2, 0.25) is 0 Å². The molecule has 0 spiro atoms. The summed E-state index contributed by atoms with van der Waals surface area (Å²) < 4.78 is 27.7. The summed E-state index contributed by atoms with van der Waals surface area (Å²) >= 11 is 11.1. The Balaban J connectivity index is 2.79. The van der Waals surface area contributed by atoms with Crippen molar-refractivity contribution >= 4 is 23.2 Å². The van der Waals surface area contributed by atoms with E-state index in [1.165, 1.54) is 12.1 Å². The van der Waals surface area contributed by atoms with Crippen LogP contribution in [0.4, 0.5) is 8.78 Å². The first kappa shape index (κ1) is 10.5. The van der Waals surface area contributed by atoms with Gasteiger partial charge in [-0.3, -0.25) is 0 Å². The van der Waals surface area contributed by atoms with Gasteiger partial charge in [-0.1, -0.05) is 12.1 Å². The van der Waals surface area contributed by atoms with Crippen LogP contribution in [0.25, 0.3) is 0 Å². The van der Waals surface area contributed by atoms with Crippen molar-refractivity contribution in [3.63, 3.8) is 0 Å². The van der Waals surface area contributed by atoms with Crippen LogP contribution in [0.15, 0.2) is 24.3 Å². The van der Waals surface area contributed by atoms with Gasteiger partial charge in [-0.15, -0.1) is 23.2 Å². The second-order valence-corrected chi connectivity index (χ2v) is 3.35. The van der Waals surface area contributed by atoms with Crippen LogP contribution in [0.1, 0.15) is 10.4 Å². The second-order valence-electron chi connectivity index (χ2n) is 2.25. The lowest BCUT2D eigenvalue weighted by molar-refractivity contribution is -0.0498. The van der Waals surface area contributed by atoms with E-state index in [2.05, 4.69) is 4.74 Å². The first-order chi connectivity index (χ1) is 6.09. The van der Waals surface area contributed by atoms with Crippen molar-refractivity contribution in [3.8, 4) is 5.75 Å². The summed E-state index contributed by atoms with van der Waals surface area (Å²) in [5, 5.41) is 0. The Hall–Kier alpha value is -0.540. The van der Waals surface area contributed by atoms with Crippen molar-refractivity contribution in [1.82, 2.24) is 0 Å². The molecule has 72 valence electrons. The van der Waals surface area contributed by atoms with E-state index in [4.69, 9.17) is 23.2 Å². The molecule has 5 heteroatoms. The van der Waals surface area contributed by atoms with Gasteiger partial charge in [-0.25, -0.2) is 0 Å². The third-order valence-corrected chi connectivity index (χ3v) is 1.84. The summed E-state index contributed by atoms with van der Waals surface area (Å²) in [6.07, 6.45) is 0. The van der Waals surface area contributed by atoms with E-state index < -0.39 is 11.4 Å². The molecule has 0 atom stereocenters. The average Bonchev–Trinajstić information content (AvgIpc) is 2.03. The zero-order valence-electron chi connectivity index (χ0n) is 6.38. The van der Waals surface area contributed by atoms with Gasteiger partial charge < -0.3 is 4.74 Å². The van der Waals surface area contributed by atoms with E-state index in [1.54, 1.807) is 12.1 Å². The van der Waals surface area contributed by atoms with Crippen molar-refractivity contribution < 1.29 is 13.5 Å². The predicted octanol–water partition coefficient (Wildman–Crippen LogP) is 3.76. The van der Waals surface area contributed by atoms with Crippen LogP contribution >= 0.6 is 23.2 Å². The normalized spacial score (nSPS) is 10.9. The molecule has 0 amide bonds. The molecule has 1 aromatic rings. The quantitative estimate of drug-likeness (QED) is 0.714. The second kappa shape index (κ2) is 4.63. The molecule has 0 saturated carbocycles. The first-order valence-corrected chi connectivity index (χ1v) is 4.30. The molecule has 1 aromatic carbocycles. The van der Waals surface area contributed by atoms with E-state index in [9.17, 15) is 8.78 Å². The standard InChI is InChI=1S/C8H6Cl2F2O/c9-7(10)5-2-1-3-6(4-5)13-8(11)12/h1-4,7-8H. The highest BCUT2D eigenvalue weighted by atomic mass is 35.5. The zero-order valence-corrected chi connectivity index (χ0v) is 7.90. The largest absolute Gasteiger partial charge is 0.435 e. The maximum atomic E-state index is 11.8. The maximum absolute atomic E-state index is 11.8. The van der Waals surface area contributed by atoms with Gasteiger partial charge in [0.15, 0.2) is 0 Å². The van der Waals surface area contributed by atoms with E-state index in [0.717, 1.165) is 0 Å². The van der Waals surface area contributed by atoms with Crippen LogP contribution in [0.3, 0.4) is 0 Å². The van der Waals surface area contributed by atoms with Gasteiger partial charge in [0, 0.05) is 0 Å². The monoisotopic (exact) mass is 226 g/mol. The minimum atomic E-state index is -2.83. The fourth-order valence-electron chi connectivity index (χ4n) is 0.826. The number of hydrogen-bond donors (Lipinski definition) is 0. The molecule has 0 radical (unpaired) electrons. The molecule has 1 rings (SSSR count). The fraction of sp³-hybridized carbons (Fsp3) is 0.250. The lowest BCUT2D eigenvalue weighted by Crippen LogP contribution is -2.01. The Kier molecular flexibility index (Phi) is 3.75. The third kappa shape index (κ3) is 3.36. The Morgan fingerprint density at radius 3 is 2.46 bits per heavy atom. The van der Waals surface area contributed by atoms with Crippen LogP contribution in [-0.2, 0) is 0 Å². The minimum absolute atomic E-state index is 0.0544. The van der Waals surface area contributed by atoms with Gasteiger partial charge in [0.25, 0.3) is 0 Å². The van der Waals surface area contributed by atoms with Crippen molar-refractivity contribution in [2.24, 2.45) is 0 Å². The number of halogens is 4. The molecule has 1 nitrogen and oxygen atoms in total. The van der Waals surface area contributed by atoms with Gasteiger partial charge in [-0.2, -0.15) is 8.78 Å².